The fourth-order valence-electron chi connectivity index (χ4n) is 3.76. The van der Waals surface area contributed by atoms with Crippen molar-refractivity contribution in [3.05, 3.63) is 59.2 Å². The molecule has 2 aliphatic heterocycles. The van der Waals surface area contributed by atoms with Crippen molar-refractivity contribution in [2.24, 2.45) is 0 Å². The molecule has 4 rings (SSSR count). The molecule has 0 saturated carbocycles. The van der Waals surface area contributed by atoms with Crippen molar-refractivity contribution in [2.75, 3.05) is 26.9 Å². The molecule has 0 unspecified atom stereocenters. The first-order chi connectivity index (χ1) is 15.0. The molecule has 0 fully saturated rings. The minimum atomic E-state index is -0.864. The Bertz CT molecular complexity index is 998. The van der Waals surface area contributed by atoms with Crippen LogP contribution >= 0.6 is 0 Å². The first kappa shape index (κ1) is 20.8. The second-order valence-electron chi connectivity index (χ2n) is 7.44. The molecule has 2 aliphatic rings. The third-order valence-electron chi connectivity index (χ3n) is 5.35. The summed E-state index contributed by atoms with van der Waals surface area (Å²) in [5.41, 5.74) is 3.09. The number of amides is 1. The van der Waals surface area contributed by atoms with Crippen LogP contribution in [0.4, 0.5) is 0 Å². The normalized spacial score (nSPS) is 15.9. The molecule has 7 heteroatoms. The van der Waals surface area contributed by atoms with E-state index in [0.29, 0.717) is 49.1 Å². The smallest absolute Gasteiger partial charge is 0.331 e. The lowest BCUT2D eigenvalue weighted by Gasteiger charge is -2.30. The number of esters is 1. The third-order valence-corrected chi connectivity index (χ3v) is 5.35. The van der Waals surface area contributed by atoms with Crippen LogP contribution in [-0.4, -0.2) is 49.7 Å². The summed E-state index contributed by atoms with van der Waals surface area (Å²) in [6.45, 7) is 3.65. The van der Waals surface area contributed by atoms with Crippen LogP contribution in [-0.2, 0) is 27.3 Å². The van der Waals surface area contributed by atoms with Gasteiger partial charge in [-0.2, -0.15) is 0 Å². The minimum Gasteiger partial charge on any atom is -0.493 e. The largest absolute Gasteiger partial charge is 0.493 e. The van der Waals surface area contributed by atoms with Crippen LogP contribution in [0.25, 0.3) is 6.08 Å². The Morgan fingerprint density at radius 2 is 1.90 bits per heavy atom. The van der Waals surface area contributed by atoms with E-state index in [1.54, 1.807) is 37.1 Å². The highest BCUT2D eigenvalue weighted by Gasteiger charge is 2.26. The summed E-state index contributed by atoms with van der Waals surface area (Å²) in [6, 6.07) is 11.6. The van der Waals surface area contributed by atoms with Crippen LogP contribution < -0.4 is 14.2 Å². The molecular formula is C24H25NO6. The second kappa shape index (κ2) is 9.12. The Kier molecular flexibility index (Phi) is 6.11. The van der Waals surface area contributed by atoms with Gasteiger partial charge in [0.25, 0.3) is 5.91 Å². The summed E-state index contributed by atoms with van der Waals surface area (Å²) in [4.78, 5) is 26.8. The van der Waals surface area contributed by atoms with Gasteiger partial charge in [0.2, 0.25) is 5.75 Å². The fraction of sp³-hybridized carbons (Fsp3) is 0.333. The van der Waals surface area contributed by atoms with Gasteiger partial charge in [-0.1, -0.05) is 24.3 Å². The number of methoxy groups -OCH3 is 1. The quantitative estimate of drug-likeness (QED) is 0.544. The molecule has 1 atom stereocenters. The standard InChI is InChI=1S/C24H25NO6/c1-16(24(27)25-10-9-18-5-3-4-6-19(18)15-25)31-22(26)8-7-17-13-20(28-2)23-21(14-17)29-11-12-30-23/h3-8,13-14,16H,9-12,15H2,1-2H3/b8-7+/t16-/m0/s1. The summed E-state index contributed by atoms with van der Waals surface area (Å²) in [5, 5.41) is 0. The Balaban J connectivity index is 1.37. The molecule has 0 radical (unpaired) electrons. The maximum Gasteiger partial charge on any atom is 0.331 e. The molecule has 162 valence electrons. The monoisotopic (exact) mass is 423 g/mol. The lowest BCUT2D eigenvalue weighted by molar-refractivity contribution is -0.155. The summed E-state index contributed by atoms with van der Waals surface area (Å²) in [6.07, 6.45) is 2.82. The van der Waals surface area contributed by atoms with Gasteiger partial charge in [0.1, 0.15) is 13.2 Å². The van der Waals surface area contributed by atoms with Gasteiger partial charge in [0.05, 0.1) is 7.11 Å². The molecule has 0 saturated heterocycles. The van der Waals surface area contributed by atoms with Crippen molar-refractivity contribution in [1.82, 2.24) is 4.90 Å². The highest BCUT2D eigenvalue weighted by atomic mass is 16.6. The van der Waals surface area contributed by atoms with Crippen molar-refractivity contribution in [2.45, 2.75) is 26.0 Å². The Hall–Kier alpha value is -3.48. The first-order valence-corrected chi connectivity index (χ1v) is 10.3. The number of rotatable bonds is 5. The van der Waals surface area contributed by atoms with Gasteiger partial charge in [-0.3, -0.25) is 4.79 Å². The molecule has 0 spiro atoms. The number of nitrogens with zero attached hydrogens (tertiary/aromatic N) is 1. The highest BCUT2D eigenvalue weighted by Crippen LogP contribution is 2.40. The molecule has 2 aromatic rings. The highest BCUT2D eigenvalue weighted by molar-refractivity contribution is 5.90. The van der Waals surface area contributed by atoms with Gasteiger partial charge in [0.15, 0.2) is 17.6 Å². The van der Waals surface area contributed by atoms with Gasteiger partial charge in [-0.25, -0.2) is 4.79 Å². The van der Waals surface area contributed by atoms with Crippen molar-refractivity contribution in [3.63, 3.8) is 0 Å². The lowest BCUT2D eigenvalue weighted by Crippen LogP contribution is -2.42. The minimum absolute atomic E-state index is 0.197. The molecule has 0 N–H and O–H groups in total. The number of hydrogen-bond donors (Lipinski definition) is 0. The Morgan fingerprint density at radius 1 is 1.13 bits per heavy atom. The predicted octanol–water partition coefficient (Wildman–Crippen LogP) is 3.00. The summed E-state index contributed by atoms with van der Waals surface area (Å²) >= 11 is 0. The summed E-state index contributed by atoms with van der Waals surface area (Å²) in [5.74, 6) is 0.854. The summed E-state index contributed by atoms with van der Waals surface area (Å²) < 4.78 is 21.9. The van der Waals surface area contributed by atoms with Crippen molar-refractivity contribution >= 4 is 18.0 Å². The number of carbonyl (C=O) groups is 2. The zero-order valence-corrected chi connectivity index (χ0v) is 17.6. The third kappa shape index (κ3) is 4.66. The zero-order valence-electron chi connectivity index (χ0n) is 17.6. The number of hydrogen-bond acceptors (Lipinski definition) is 6. The van der Waals surface area contributed by atoms with E-state index in [1.807, 2.05) is 18.2 Å². The molecule has 7 nitrogen and oxygen atoms in total. The van der Waals surface area contributed by atoms with Crippen molar-refractivity contribution < 1.29 is 28.5 Å². The van der Waals surface area contributed by atoms with Gasteiger partial charge in [-0.05, 0) is 48.2 Å². The van der Waals surface area contributed by atoms with Crippen LogP contribution in [0.3, 0.4) is 0 Å². The van der Waals surface area contributed by atoms with E-state index in [-0.39, 0.29) is 5.91 Å². The van der Waals surface area contributed by atoms with E-state index in [2.05, 4.69) is 6.07 Å². The van der Waals surface area contributed by atoms with Gasteiger partial charge in [0, 0.05) is 19.2 Å². The van der Waals surface area contributed by atoms with Crippen molar-refractivity contribution in [1.29, 1.82) is 0 Å². The number of ether oxygens (including phenoxy) is 4. The topological polar surface area (TPSA) is 74.3 Å². The maximum atomic E-state index is 12.7. The molecule has 0 bridgehead atoms. The number of fused-ring (bicyclic) bond motifs is 2. The predicted molar refractivity (Wildman–Crippen MR) is 114 cm³/mol. The van der Waals surface area contributed by atoms with Gasteiger partial charge < -0.3 is 23.8 Å². The molecule has 2 heterocycles. The molecule has 0 aliphatic carbocycles. The number of carbonyl (C=O) groups excluding carboxylic acids is 2. The van der Waals surface area contributed by atoms with Crippen LogP contribution in [0.1, 0.15) is 23.6 Å². The van der Waals surface area contributed by atoms with Crippen molar-refractivity contribution in [3.8, 4) is 17.2 Å². The summed E-state index contributed by atoms with van der Waals surface area (Å²) in [7, 11) is 1.54. The Morgan fingerprint density at radius 3 is 2.71 bits per heavy atom. The number of benzene rings is 2. The zero-order chi connectivity index (χ0) is 21.8. The van der Waals surface area contributed by atoms with Gasteiger partial charge >= 0.3 is 5.97 Å². The van der Waals surface area contributed by atoms with E-state index < -0.39 is 12.1 Å². The molecule has 2 aromatic carbocycles. The molecule has 0 aromatic heterocycles. The van der Waals surface area contributed by atoms with E-state index >= 15 is 0 Å². The average molecular weight is 423 g/mol. The SMILES string of the molecule is COc1cc(/C=C/C(=O)O[C@@H](C)C(=O)N2CCc3ccccc3C2)cc2c1OCCO2. The molecule has 1 amide bonds. The van der Waals surface area contributed by atoms with E-state index in [4.69, 9.17) is 18.9 Å². The molecular weight excluding hydrogens is 398 g/mol. The van der Waals surface area contributed by atoms with Gasteiger partial charge in [-0.15, -0.1) is 0 Å². The average Bonchev–Trinajstić information content (AvgIpc) is 2.81. The molecule has 31 heavy (non-hydrogen) atoms. The Labute approximate surface area is 181 Å². The first-order valence-electron chi connectivity index (χ1n) is 10.3. The second-order valence-corrected chi connectivity index (χ2v) is 7.44. The lowest BCUT2D eigenvalue weighted by atomic mass is 9.99. The maximum absolute atomic E-state index is 12.7. The van der Waals surface area contributed by atoms with Crippen LogP contribution in [0.5, 0.6) is 17.2 Å². The van der Waals surface area contributed by atoms with E-state index in [9.17, 15) is 9.59 Å². The van der Waals surface area contributed by atoms with Crippen LogP contribution in [0.15, 0.2) is 42.5 Å². The van der Waals surface area contributed by atoms with Crippen LogP contribution in [0, 0.1) is 0 Å². The van der Waals surface area contributed by atoms with E-state index in [1.165, 1.54) is 11.6 Å². The van der Waals surface area contributed by atoms with E-state index in [0.717, 1.165) is 12.0 Å². The fourth-order valence-corrected chi connectivity index (χ4v) is 3.76. The van der Waals surface area contributed by atoms with Crippen LogP contribution in [0.2, 0.25) is 0 Å².